The maximum Gasteiger partial charge on any atom is 0.212 e. The maximum atomic E-state index is 6.86. The minimum Gasteiger partial charge on any atom is -0.493 e. The monoisotopic (exact) mass is 462 g/mol. The fourth-order valence-electron chi connectivity index (χ4n) is 3.85. The molecule has 0 saturated heterocycles. The number of pyridine rings is 1. The number of aliphatic imine (C=N–C) groups is 1. The second-order valence-corrected chi connectivity index (χ2v) is 9.91. The number of anilines is 2. The molecule has 2 aromatic heterocycles. The van der Waals surface area contributed by atoms with E-state index in [1.807, 2.05) is 56.7 Å². The quantitative estimate of drug-likeness (QED) is 0.508. The Morgan fingerprint density at radius 3 is 2.59 bits per heavy atom. The Bertz CT molecular complexity index is 1240. The molecule has 1 unspecified atom stereocenters. The summed E-state index contributed by atoms with van der Waals surface area (Å²) in [6.07, 6.45) is 1.80. The highest BCUT2D eigenvalue weighted by molar-refractivity contribution is 5.94. The summed E-state index contributed by atoms with van der Waals surface area (Å²) in [6, 6.07) is 7.84. The molecule has 4 N–H and O–H groups in total. The third-order valence-electron chi connectivity index (χ3n) is 5.73. The molecule has 0 radical (unpaired) electrons. The van der Waals surface area contributed by atoms with Crippen LogP contribution in [-0.2, 0) is 12.8 Å². The van der Waals surface area contributed by atoms with Gasteiger partial charge in [0.2, 0.25) is 5.79 Å². The van der Waals surface area contributed by atoms with E-state index < -0.39 is 5.79 Å². The average Bonchev–Trinajstić information content (AvgIpc) is 3.10. The van der Waals surface area contributed by atoms with Crippen molar-refractivity contribution in [3.63, 3.8) is 0 Å². The van der Waals surface area contributed by atoms with E-state index in [0.717, 1.165) is 52.1 Å². The SMILES string of the molecule is CCOc1cc(-c2nnc(C)n2C)ccc1C1(N)N=Cc2cc(C)nc(NCC(C)(C)C)c2N1. The molecule has 1 aliphatic rings. The largest absolute Gasteiger partial charge is 0.493 e. The van der Waals surface area contributed by atoms with Crippen LogP contribution in [0.4, 0.5) is 11.5 Å². The summed E-state index contributed by atoms with van der Waals surface area (Å²) < 4.78 is 7.95. The minimum atomic E-state index is -1.22. The van der Waals surface area contributed by atoms with Gasteiger partial charge in [-0.25, -0.2) is 9.98 Å². The lowest BCUT2D eigenvalue weighted by molar-refractivity contribution is 0.328. The van der Waals surface area contributed by atoms with Gasteiger partial charge in [-0.1, -0.05) is 26.8 Å². The first-order valence-corrected chi connectivity index (χ1v) is 11.5. The number of fused-ring (bicyclic) bond motifs is 1. The van der Waals surface area contributed by atoms with E-state index in [0.29, 0.717) is 12.4 Å². The highest BCUT2D eigenvalue weighted by Gasteiger charge is 2.35. The standard InChI is InChI=1S/C25H34N8O/c1-8-34-20-12-17(23-32-31-16(3)33(23)7)9-10-19(20)25(26)28-13-18-11-15(2)29-22(21(18)30-25)27-14-24(4,5)6/h9-13,30H,8,14,26H2,1-7H3,(H,27,29). The average molecular weight is 463 g/mol. The number of nitrogens with one attached hydrogen (secondary N) is 2. The normalized spacial score (nSPS) is 17.3. The molecule has 0 amide bonds. The first-order chi connectivity index (χ1) is 16.0. The van der Waals surface area contributed by atoms with Gasteiger partial charge in [0, 0.05) is 36.6 Å². The van der Waals surface area contributed by atoms with Gasteiger partial charge in [-0.15, -0.1) is 10.2 Å². The van der Waals surface area contributed by atoms with E-state index in [2.05, 4.69) is 41.6 Å². The van der Waals surface area contributed by atoms with Gasteiger partial charge in [-0.3, -0.25) is 5.73 Å². The number of nitrogens with two attached hydrogens (primary N) is 1. The Morgan fingerprint density at radius 1 is 1.18 bits per heavy atom. The molecule has 1 aromatic carbocycles. The number of hydrogen-bond acceptors (Lipinski definition) is 8. The van der Waals surface area contributed by atoms with Gasteiger partial charge in [-0.05, 0) is 44.4 Å². The predicted molar refractivity (Wildman–Crippen MR) is 136 cm³/mol. The molecule has 1 aliphatic heterocycles. The third kappa shape index (κ3) is 4.61. The minimum absolute atomic E-state index is 0.0943. The van der Waals surface area contributed by atoms with Crippen molar-refractivity contribution in [2.75, 3.05) is 23.8 Å². The van der Waals surface area contributed by atoms with E-state index in [1.165, 1.54) is 0 Å². The van der Waals surface area contributed by atoms with Gasteiger partial charge in [0.05, 0.1) is 17.9 Å². The van der Waals surface area contributed by atoms with Crippen LogP contribution in [0, 0.1) is 19.3 Å². The second-order valence-electron chi connectivity index (χ2n) is 9.91. The number of ether oxygens (including phenoxy) is 1. The molecule has 0 aliphatic carbocycles. The van der Waals surface area contributed by atoms with Gasteiger partial charge in [0.15, 0.2) is 11.6 Å². The Balaban J connectivity index is 1.74. The molecule has 1 atom stereocenters. The van der Waals surface area contributed by atoms with Gasteiger partial charge in [0.25, 0.3) is 0 Å². The van der Waals surface area contributed by atoms with Crippen molar-refractivity contribution < 1.29 is 4.74 Å². The number of benzene rings is 1. The molecule has 0 fully saturated rings. The summed E-state index contributed by atoms with van der Waals surface area (Å²) in [5.74, 6) is 1.77. The molecule has 3 heterocycles. The molecule has 0 saturated carbocycles. The van der Waals surface area contributed by atoms with E-state index in [4.69, 9.17) is 20.4 Å². The van der Waals surface area contributed by atoms with Crippen LogP contribution in [0.25, 0.3) is 11.4 Å². The number of hydrogen-bond donors (Lipinski definition) is 3. The molecule has 0 spiro atoms. The van der Waals surface area contributed by atoms with E-state index in [9.17, 15) is 0 Å². The molecule has 34 heavy (non-hydrogen) atoms. The lowest BCUT2D eigenvalue weighted by Gasteiger charge is -2.34. The smallest absolute Gasteiger partial charge is 0.212 e. The molecule has 9 nitrogen and oxygen atoms in total. The first kappa shape index (κ1) is 23.7. The van der Waals surface area contributed by atoms with Crippen LogP contribution < -0.4 is 21.1 Å². The number of nitrogens with zero attached hydrogens (tertiary/aromatic N) is 5. The summed E-state index contributed by atoms with van der Waals surface area (Å²) in [5, 5.41) is 15.4. The van der Waals surface area contributed by atoms with Crippen molar-refractivity contribution in [1.82, 2.24) is 19.7 Å². The molecule has 180 valence electrons. The summed E-state index contributed by atoms with van der Waals surface area (Å²) >= 11 is 0. The zero-order valence-electron chi connectivity index (χ0n) is 21.0. The number of rotatable bonds is 6. The van der Waals surface area contributed by atoms with Crippen molar-refractivity contribution in [3.8, 4) is 17.1 Å². The number of aryl methyl sites for hydroxylation is 2. The molecular formula is C25H34N8O. The molecule has 4 rings (SSSR count). The van der Waals surface area contributed by atoms with Crippen LogP contribution in [0.2, 0.25) is 0 Å². The van der Waals surface area contributed by atoms with Gasteiger partial charge in [-0.2, -0.15) is 0 Å². The van der Waals surface area contributed by atoms with E-state index in [-0.39, 0.29) is 5.41 Å². The second kappa shape index (κ2) is 8.72. The Hall–Kier alpha value is -3.46. The summed E-state index contributed by atoms with van der Waals surface area (Å²) in [4.78, 5) is 9.44. The summed E-state index contributed by atoms with van der Waals surface area (Å²) in [6.45, 7) is 13.6. The highest BCUT2D eigenvalue weighted by atomic mass is 16.5. The highest BCUT2D eigenvalue weighted by Crippen LogP contribution is 2.39. The van der Waals surface area contributed by atoms with Crippen molar-refractivity contribution in [2.24, 2.45) is 23.2 Å². The molecule has 0 bridgehead atoms. The van der Waals surface area contributed by atoms with Gasteiger partial charge >= 0.3 is 0 Å². The van der Waals surface area contributed by atoms with Crippen molar-refractivity contribution >= 4 is 17.7 Å². The van der Waals surface area contributed by atoms with E-state index >= 15 is 0 Å². The lowest BCUT2D eigenvalue weighted by atomic mass is 9.97. The Labute approximate surface area is 200 Å². The fraction of sp³-hybridized carbons (Fsp3) is 0.440. The van der Waals surface area contributed by atoms with Crippen LogP contribution in [0.1, 0.15) is 50.3 Å². The molecule has 9 heteroatoms. The van der Waals surface area contributed by atoms with Crippen molar-refractivity contribution in [1.29, 1.82) is 0 Å². The Morgan fingerprint density at radius 2 is 1.94 bits per heavy atom. The molecular weight excluding hydrogens is 428 g/mol. The van der Waals surface area contributed by atoms with Crippen molar-refractivity contribution in [3.05, 3.63) is 46.9 Å². The zero-order valence-corrected chi connectivity index (χ0v) is 21.0. The zero-order chi connectivity index (χ0) is 24.7. The summed E-state index contributed by atoms with van der Waals surface area (Å²) in [5.41, 5.74) is 11.2. The van der Waals surface area contributed by atoms with Crippen LogP contribution in [0.15, 0.2) is 29.3 Å². The number of aromatic nitrogens is 4. The first-order valence-electron chi connectivity index (χ1n) is 11.5. The topological polar surface area (TPSA) is 115 Å². The lowest BCUT2D eigenvalue weighted by Crippen LogP contribution is -2.45. The van der Waals surface area contributed by atoms with Crippen molar-refractivity contribution in [2.45, 2.75) is 47.3 Å². The molecule has 3 aromatic rings. The van der Waals surface area contributed by atoms with Crippen LogP contribution in [-0.4, -0.2) is 39.1 Å². The van der Waals surface area contributed by atoms with Crippen LogP contribution in [0.3, 0.4) is 0 Å². The Kier molecular flexibility index (Phi) is 6.07. The fourth-order valence-corrected chi connectivity index (χ4v) is 3.85. The third-order valence-corrected chi connectivity index (χ3v) is 5.73. The van der Waals surface area contributed by atoms with Gasteiger partial charge < -0.3 is 19.9 Å². The maximum absolute atomic E-state index is 6.86. The van der Waals surface area contributed by atoms with E-state index in [1.54, 1.807) is 6.21 Å². The van der Waals surface area contributed by atoms with Crippen LogP contribution in [0.5, 0.6) is 5.75 Å². The van der Waals surface area contributed by atoms with Crippen LogP contribution >= 0.6 is 0 Å². The summed E-state index contributed by atoms with van der Waals surface area (Å²) in [7, 11) is 1.94. The predicted octanol–water partition coefficient (Wildman–Crippen LogP) is 3.96. The van der Waals surface area contributed by atoms with Gasteiger partial charge in [0.1, 0.15) is 11.6 Å².